The van der Waals surface area contributed by atoms with Crippen LogP contribution in [0.4, 0.5) is 43.9 Å². The molecule has 156 valence electrons. The zero-order valence-corrected chi connectivity index (χ0v) is 16.0. The molecule has 1 aliphatic rings. The standard InChI is InChI=1S/C15H7ClF10IN/c16-10-9(2-1-3-28-10)11(13(18,19)20)5-7(4-8(27)6-11)12(17,14(21,22)23)15(24,25)26/h1-5H,6H2. The molecule has 1 aliphatic carbocycles. The third-order valence-corrected chi connectivity index (χ3v) is 5.08. The zero-order chi connectivity index (χ0) is 21.8. The third-order valence-electron chi connectivity index (χ3n) is 4.09. The van der Waals surface area contributed by atoms with Gasteiger partial charge in [0.25, 0.3) is 0 Å². The van der Waals surface area contributed by atoms with Gasteiger partial charge < -0.3 is 0 Å². The molecule has 1 aromatic rings. The highest BCUT2D eigenvalue weighted by molar-refractivity contribution is 14.1. The molecule has 1 unspecified atom stereocenters. The van der Waals surface area contributed by atoms with Crippen LogP contribution >= 0.6 is 34.2 Å². The van der Waals surface area contributed by atoms with Gasteiger partial charge in [0, 0.05) is 23.8 Å². The summed E-state index contributed by atoms with van der Waals surface area (Å²) in [5.74, 6) is 0. The van der Waals surface area contributed by atoms with E-state index in [1.165, 1.54) is 0 Å². The van der Waals surface area contributed by atoms with Gasteiger partial charge in [0.05, 0.1) is 0 Å². The number of rotatable bonds is 2. The normalized spacial score (nSPS) is 22.0. The van der Waals surface area contributed by atoms with Crippen LogP contribution in [0.1, 0.15) is 12.0 Å². The predicted octanol–water partition coefficient (Wildman–Crippen LogP) is 7.02. The molecule has 0 spiro atoms. The molecule has 0 amide bonds. The number of hydrogen-bond acceptors (Lipinski definition) is 1. The average Bonchev–Trinajstić information content (AvgIpc) is 2.50. The van der Waals surface area contributed by atoms with Gasteiger partial charge in [-0.25, -0.2) is 9.37 Å². The molecule has 0 saturated heterocycles. The van der Waals surface area contributed by atoms with Crippen LogP contribution in [0, 0.1) is 0 Å². The molecule has 0 aliphatic heterocycles. The maximum absolute atomic E-state index is 14.4. The summed E-state index contributed by atoms with van der Waals surface area (Å²) in [6.45, 7) is 0. The minimum absolute atomic E-state index is 0.107. The minimum atomic E-state index is -6.56. The van der Waals surface area contributed by atoms with Crippen molar-refractivity contribution >= 4 is 34.2 Å². The summed E-state index contributed by atoms with van der Waals surface area (Å²) in [4.78, 5) is 3.40. The Morgan fingerprint density at radius 3 is 1.93 bits per heavy atom. The van der Waals surface area contributed by atoms with Gasteiger partial charge in [-0.3, -0.25) is 0 Å². The third kappa shape index (κ3) is 3.61. The van der Waals surface area contributed by atoms with Crippen molar-refractivity contribution in [1.82, 2.24) is 4.98 Å². The van der Waals surface area contributed by atoms with Crippen molar-refractivity contribution in [2.45, 2.75) is 36.0 Å². The summed E-state index contributed by atoms with van der Waals surface area (Å²) in [5.41, 5.74) is -12.6. The maximum Gasteiger partial charge on any atom is 0.435 e. The lowest BCUT2D eigenvalue weighted by Gasteiger charge is -2.40. The second-order valence-electron chi connectivity index (χ2n) is 5.83. The Morgan fingerprint density at radius 2 is 1.50 bits per heavy atom. The molecule has 0 radical (unpaired) electrons. The highest BCUT2D eigenvalue weighted by Crippen LogP contribution is 2.57. The number of alkyl halides is 10. The van der Waals surface area contributed by atoms with Crippen LogP contribution in [0.25, 0.3) is 0 Å². The molecule has 1 nitrogen and oxygen atoms in total. The van der Waals surface area contributed by atoms with Crippen molar-refractivity contribution in [1.29, 1.82) is 0 Å². The smallest absolute Gasteiger partial charge is 0.244 e. The predicted molar refractivity (Wildman–Crippen MR) is 87.7 cm³/mol. The fraction of sp³-hybridized carbons (Fsp3) is 0.400. The molecule has 13 heteroatoms. The highest BCUT2D eigenvalue weighted by Gasteiger charge is 2.75. The second kappa shape index (κ2) is 7.03. The van der Waals surface area contributed by atoms with Crippen LogP contribution < -0.4 is 0 Å². The Balaban J connectivity index is 2.91. The van der Waals surface area contributed by atoms with Gasteiger partial charge >= 0.3 is 24.2 Å². The first-order valence-corrected chi connectivity index (χ1v) is 8.52. The van der Waals surface area contributed by atoms with E-state index >= 15 is 0 Å². The Hall–Kier alpha value is -1.05. The molecule has 0 fully saturated rings. The van der Waals surface area contributed by atoms with Gasteiger partial charge in [-0.2, -0.15) is 39.5 Å². The van der Waals surface area contributed by atoms with E-state index in [4.69, 9.17) is 11.6 Å². The zero-order valence-electron chi connectivity index (χ0n) is 13.1. The van der Waals surface area contributed by atoms with Gasteiger partial charge in [0.15, 0.2) is 0 Å². The SMILES string of the molecule is FC(F)(F)C1(c2cccnc2Cl)C=C(C(F)(C(F)(F)F)C(F)(F)F)C=C(I)C1. The molecule has 1 atom stereocenters. The van der Waals surface area contributed by atoms with Crippen LogP contribution in [0.5, 0.6) is 0 Å². The van der Waals surface area contributed by atoms with Crippen LogP contribution in [-0.2, 0) is 5.41 Å². The summed E-state index contributed by atoms with van der Waals surface area (Å²) in [5, 5.41) is -0.787. The van der Waals surface area contributed by atoms with Crippen molar-refractivity contribution in [2.24, 2.45) is 0 Å². The van der Waals surface area contributed by atoms with Crippen molar-refractivity contribution in [3.63, 3.8) is 0 Å². The van der Waals surface area contributed by atoms with Crippen molar-refractivity contribution < 1.29 is 43.9 Å². The van der Waals surface area contributed by atoms with Gasteiger partial charge in [-0.15, -0.1) is 0 Å². The fourth-order valence-corrected chi connectivity index (χ4v) is 3.98. The van der Waals surface area contributed by atoms with Crippen molar-refractivity contribution in [3.05, 3.63) is 50.4 Å². The summed E-state index contributed by atoms with van der Waals surface area (Å²) >= 11 is 6.77. The van der Waals surface area contributed by atoms with Gasteiger partial charge in [0.1, 0.15) is 10.6 Å². The van der Waals surface area contributed by atoms with Gasteiger partial charge in [-0.05, 0) is 38.3 Å². The lowest BCUT2D eigenvalue weighted by atomic mass is 9.71. The van der Waals surface area contributed by atoms with E-state index in [1.807, 2.05) is 0 Å². The first kappa shape index (κ1) is 23.2. The first-order valence-electron chi connectivity index (χ1n) is 7.07. The molecule has 2 rings (SSSR count). The summed E-state index contributed by atoms with van der Waals surface area (Å²) in [6.07, 6.45) is -18.9. The lowest BCUT2D eigenvalue weighted by Crippen LogP contribution is -2.56. The summed E-state index contributed by atoms with van der Waals surface area (Å²) < 4.78 is 134. The van der Waals surface area contributed by atoms with E-state index in [-0.39, 0.29) is 6.08 Å². The number of pyridine rings is 1. The molecule has 1 heterocycles. The van der Waals surface area contributed by atoms with Crippen molar-refractivity contribution in [2.75, 3.05) is 0 Å². The van der Waals surface area contributed by atoms with Gasteiger partial charge in [-0.1, -0.05) is 23.7 Å². The topological polar surface area (TPSA) is 12.9 Å². The molecular formula is C15H7ClF10IN. The van der Waals surface area contributed by atoms with E-state index in [2.05, 4.69) is 4.98 Å². The Morgan fingerprint density at radius 1 is 0.964 bits per heavy atom. The van der Waals surface area contributed by atoms with E-state index in [0.29, 0.717) is 0 Å². The van der Waals surface area contributed by atoms with E-state index in [0.717, 1.165) is 40.9 Å². The number of aromatic nitrogens is 1. The maximum atomic E-state index is 14.4. The molecule has 28 heavy (non-hydrogen) atoms. The molecule has 1 aromatic heterocycles. The monoisotopic (exact) mass is 553 g/mol. The Bertz CT molecular complexity index is 809. The number of nitrogens with zero attached hydrogens (tertiary/aromatic N) is 1. The molecule has 0 aromatic carbocycles. The van der Waals surface area contributed by atoms with Crippen LogP contribution in [0.15, 0.2) is 39.6 Å². The average molecular weight is 554 g/mol. The largest absolute Gasteiger partial charge is 0.435 e. The Kier molecular flexibility index (Phi) is 5.83. The lowest BCUT2D eigenvalue weighted by molar-refractivity contribution is -0.325. The highest BCUT2D eigenvalue weighted by atomic mass is 127. The van der Waals surface area contributed by atoms with Crippen molar-refractivity contribution in [3.8, 4) is 0 Å². The first-order chi connectivity index (χ1) is 12.5. The molecule has 0 bridgehead atoms. The summed E-state index contributed by atoms with van der Waals surface area (Å²) in [7, 11) is 0. The van der Waals surface area contributed by atoms with Crippen LogP contribution in [0.2, 0.25) is 5.15 Å². The van der Waals surface area contributed by atoms with E-state index in [9.17, 15) is 43.9 Å². The quantitative estimate of drug-likeness (QED) is 0.218. The molecular weight excluding hydrogens is 547 g/mol. The van der Waals surface area contributed by atoms with E-state index < -0.39 is 62.0 Å². The second-order valence-corrected chi connectivity index (χ2v) is 7.58. The fourth-order valence-electron chi connectivity index (χ4n) is 2.76. The number of hydrogen-bond donors (Lipinski definition) is 0. The van der Waals surface area contributed by atoms with E-state index in [1.54, 1.807) is 0 Å². The molecule has 0 N–H and O–H groups in total. The van der Waals surface area contributed by atoms with Crippen LogP contribution in [0.3, 0.4) is 0 Å². The molecule has 0 saturated carbocycles. The number of allylic oxidation sites excluding steroid dienone is 4. The summed E-state index contributed by atoms with van der Waals surface area (Å²) in [6, 6.07) is 1.73. The minimum Gasteiger partial charge on any atom is -0.244 e. The van der Waals surface area contributed by atoms with Gasteiger partial charge in [0.2, 0.25) is 0 Å². The number of halogens is 12. The van der Waals surface area contributed by atoms with Crippen LogP contribution in [-0.4, -0.2) is 29.2 Å². The Labute approximate surface area is 169 Å².